The lowest BCUT2D eigenvalue weighted by Gasteiger charge is -2.35. The maximum absolute atomic E-state index is 4.17. The van der Waals surface area contributed by atoms with Crippen molar-refractivity contribution in [2.24, 2.45) is 11.3 Å². The number of hydrogen-bond acceptors (Lipinski definition) is 2. The Morgan fingerprint density at radius 1 is 1.45 bits per heavy atom. The predicted octanol–water partition coefficient (Wildman–Crippen LogP) is 4.08. The van der Waals surface area contributed by atoms with Crippen molar-refractivity contribution >= 4 is 0 Å². The molecule has 1 saturated heterocycles. The van der Waals surface area contributed by atoms with E-state index in [1.807, 2.05) is 0 Å². The van der Waals surface area contributed by atoms with Crippen molar-refractivity contribution in [1.82, 2.24) is 10.2 Å². The lowest BCUT2D eigenvalue weighted by molar-refractivity contribution is 0.152. The van der Waals surface area contributed by atoms with Crippen molar-refractivity contribution in [3.8, 4) is 0 Å². The topological polar surface area (TPSA) is 15.3 Å². The summed E-state index contributed by atoms with van der Waals surface area (Å²) in [7, 11) is 4.38. The quantitative estimate of drug-likeness (QED) is 0.738. The molecule has 3 atom stereocenters. The van der Waals surface area contributed by atoms with Crippen molar-refractivity contribution in [3.63, 3.8) is 0 Å². The monoisotopic (exact) mass is 280 g/mol. The highest BCUT2D eigenvalue weighted by atomic mass is 15.2. The van der Waals surface area contributed by atoms with Crippen LogP contribution in [0.3, 0.4) is 0 Å². The zero-order chi connectivity index (χ0) is 15.7. The molecule has 0 spiro atoms. The average molecular weight is 280 g/mol. The van der Waals surface area contributed by atoms with Crippen LogP contribution in [0.4, 0.5) is 0 Å². The van der Waals surface area contributed by atoms with Crippen molar-refractivity contribution < 1.29 is 0 Å². The van der Waals surface area contributed by atoms with Gasteiger partial charge in [-0.25, -0.2) is 0 Å². The SMILES string of the molecule is C=C(C)C(C)C1CC(C)(C)C(CCC(C)(C)NC)N1C. The Kier molecular flexibility index (Phi) is 5.48. The smallest absolute Gasteiger partial charge is 0.0164 e. The molecule has 1 heterocycles. The maximum atomic E-state index is 4.17. The number of hydrogen-bond donors (Lipinski definition) is 1. The van der Waals surface area contributed by atoms with Crippen molar-refractivity contribution in [1.29, 1.82) is 0 Å². The second-order valence-corrected chi connectivity index (χ2v) is 8.25. The summed E-state index contributed by atoms with van der Waals surface area (Å²) in [5.41, 5.74) is 1.94. The van der Waals surface area contributed by atoms with Gasteiger partial charge < -0.3 is 5.32 Å². The van der Waals surface area contributed by atoms with Gasteiger partial charge in [0.25, 0.3) is 0 Å². The zero-order valence-electron chi connectivity index (χ0n) is 15.0. The fourth-order valence-electron chi connectivity index (χ4n) is 3.68. The minimum atomic E-state index is 0.231. The third-order valence-corrected chi connectivity index (χ3v) is 5.73. The lowest BCUT2D eigenvalue weighted by atomic mass is 9.78. The highest BCUT2D eigenvalue weighted by Crippen LogP contribution is 2.45. The third-order valence-electron chi connectivity index (χ3n) is 5.73. The fraction of sp³-hybridized carbons (Fsp3) is 0.889. The summed E-state index contributed by atoms with van der Waals surface area (Å²) in [5.74, 6) is 0.585. The lowest BCUT2D eigenvalue weighted by Crippen LogP contribution is -2.42. The van der Waals surface area contributed by atoms with Gasteiger partial charge in [-0.3, -0.25) is 4.90 Å². The highest BCUT2D eigenvalue weighted by molar-refractivity contribution is 5.07. The van der Waals surface area contributed by atoms with E-state index in [9.17, 15) is 0 Å². The summed E-state index contributed by atoms with van der Waals surface area (Å²) < 4.78 is 0. The Hall–Kier alpha value is -0.340. The second kappa shape index (κ2) is 6.19. The molecule has 0 aromatic carbocycles. The molecule has 1 aliphatic rings. The van der Waals surface area contributed by atoms with Gasteiger partial charge in [-0.1, -0.05) is 32.9 Å². The molecule has 0 saturated carbocycles. The minimum absolute atomic E-state index is 0.231. The first-order valence-electron chi connectivity index (χ1n) is 8.08. The van der Waals surface area contributed by atoms with Crippen LogP contribution in [0.2, 0.25) is 0 Å². The fourth-order valence-corrected chi connectivity index (χ4v) is 3.68. The first-order valence-corrected chi connectivity index (χ1v) is 8.08. The summed E-state index contributed by atoms with van der Waals surface area (Å²) in [6, 6.07) is 1.31. The second-order valence-electron chi connectivity index (χ2n) is 8.25. The van der Waals surface area contributed by atoms with Crippen LogP contribution in [0.1, 0.15) is 60.8 Å². The van der Waals surface area contributed by atoms with Crippen LogP contribution in [0.5, 0.6) is 0 Å². The Morgan fingerprint density at radius 2 is 2.00 bits per heavy atom. The summed E-state index contributed by atoms with van der Waals surface area (Å²) >= 11 is 0. The van der Waals surface area contributed by atoms with E-state index in [1.54, 1.807) is 0 Å². The molecular weight excluding hydrogens is 244 g/mol. The van der Waals surface area contributed by atoms with Gasteiger partial charge in [0.15, 0.2) is 0 Å². The van der Waals surface area contributed by atoms with Crippen LogP contribution in [0.15, 0.2) is 12.2 Å². The van der Waals surface area contributed by atoms with Gasteiger partial charge in [0.05, 0.1) is 0 Å². The van der Waals surface area contributed by atoms with E-state index in [4.69, 9.17) is 0 Å². The predicted molar refractivity (Wildman–Crippen MR) is 90.1 cm³/mol. The average Bonchev–Trinajstić information content (AvgIpc) is 2.56. The molecule has 1 N–H and O–H groups in total. The van der Waals surface area contributed by atoms with Crippen molar-refractivity contribution in [2.45, 2.75) is 78.4 Å². The Balaban J connectivity index is 2.78. The zero-order valence-corrected chi connectivity index (χ0v) is 15.0. The molecule has 1 rings (SSSR count). The Labute approximate surface area is 127 Å². The maximum Gasteiger partial charge on any atom is 0.0164 e. The van der Waals surface area contributed by atoms with Gasteiger partial charge in [-0.2, -0.15) is 0 Å². The summed E-state index contributed by atoms with van der Waals surface area (Å²) in [5, 5.41) is 3.43. The van der Waals surface area contributed by atoms with Crippen LogP contribution >= 0.6 is 0 Å². The molecule has 2 nitrogen and oxygen atoms in total. The van der Waals surface area contributed by atoms with Crippen LogP contribution in [0.25, 0.3) is 0 Å². The van der Waals surface area contributed by atoms with Crippen LogP contribution in [-0.4, -0.2) is 36.6 Å². The molecule has 0 bridgehead atoms. The molecule has 3 unspecified atom stereocenters. The molecule has 118 valence electrons. The first-order chi connectivity index (χ1) is 9.02. The molecule has 20 heavy (non-hydrogen) atoms. The number of nitrogens with one attached hydrogen (secondary N) is 1. The molecule has 0 radical (unpaired) electrons. The van der Waals surface area contributed by atoms with E-state index in [0.717, 1.165) is 0 Å². The van der Waals surface area contributed by atoms with Crippen molar-refractivity contribution in [2.75, 3.05) is 14.1 Å². The van der Waals surface area contributed by atoms with Gasteiger partial charge in [-0.05, 0) is 65.5 Å². The number of nitrogens with zero attached hydrogens (tertiary/aromatic N) is 1. The van der Waals surface area contributed by atoms with E-state index in [2.05, 4.69) is 72.4 Å². The van der Waals surface area contributed by atoms with Crippen LogP contribution in [-0.2, 0) is 0 Å². The molecule has 0 amide bonds. The summed E-state index contributed by atoms with van der Waals surface area (Å²) in [6.45, 7) is 18.1. The van der Waals surface area contributed by atoms with E-state index in [1.165, 1.54) is 24.8 Å². The standard InChI is InChI=1S/C18H36N2/c1-13(2)14(3)15-12-17(4,5)16(20(15)9)10-11-18(6,7)19-8/h14-16,19H,1,10-12H2,2-9H3. The largest absolute Gasteiger partial charge is 0.315 e. The minimum Gasteiger partial charge on any atom is -0.315 e. The van der Waals surface area contributed by atoms with Gasteiger partial charge in [0.2, 0.25) is 0 Å². The first kappa shape index (κ1) is 17.7. The molecule has 2 heteroatoms. The molecule has 0 aromatic rings. The van der Waals surface area contributed by atoms with E-state index in [-0.39, 0.29) is 5.54 Å². The van der Waals surface area contributed by atoms with E-state index >= 15 is 0 Å². The Bertz CT molecular complexity index is 343. The van der Waals surface area contributed by atoms with E-state index in [0.29, 0.717) is 23.4 Å². The molecule has 1 aliphatic heterocycles. The normalized spacial score (nSPS) is 28.6. The van der Waals surface area contributed by atoms with Crippen molar-refractivity contribution in [3.05, 3.63) is 12.2 Å². The molecular formula is C18H36N2. The third kappa shape index (κ3) is 3.85. The van der Waals surface area contributed by atoms with Gasteiger partial charge in [0, 0.05) is 17.6 Å². The molecule has 0 aromatic heterocycles. The van der Waals surface area contributed by atoms with Crippen LogP contribution < -0.4 is 5.32 Å². The summed E-state index contributed by atoms with van der Waals surface area (Å²) in [6.07, 6.45) is 3.76. The van der Waals surface area contributed by atoms with Crippen LogP contribution in [0, 0.1) is 11.3 Å². The number of rotatable bonds is 6. The van der Waals surface area contributed by atoms with Gasteiger partial charge >= 0.3 is 0 Å². The molecule has 1 fully saturated rings. The Morgan fingerprint density at radius 3 is 2.45 bits per heavy atom. The van der Waals surface area contributed by atoms with E-state index < -0.39 is 0 Å². The highest BCUT2D eigenvalue weighted by Gasteiger charge is 2.46. The van der Waals surface area contributed by atoms with Gasteiger partial charge in [0.1, 0.15) is 0 Å². The molecule has 0 aliphatic carbocycles. The summed E-state index contributed by atoms with van der Waals surface area (Å²) in [4.78, 5) is 2.63. The van der Waals surface area contributed by atoms with Gasteiger partial charge in [-0.15, -0.1) is 0 Å². The number of likely N-dealkylation sites (tertiary alicyclic amines) is 1.